The number of halogens is 2. The maximum absolute atomic E-state index is 14.2. The number of benzene rings is 1. The van der Waals surface area contributed by atoms with E-state index in [1.54, 1.807) is 0 Å². The molecule has 176 valence electrons. The highest BCUT2D eigenvalue weighted by Crippen LogP contribution is 2.36. The molecule has 8 nitrogen and oxygen atoms in total. The van der Waals surface area contributed by atoms with Crippen LogP contribution in [0.1, 0.15) is 39.0 Å². The molecule has 3 unspecified atom stereocenters. The minimum absolute atomic E-state index is 0.148. The standard InChI is InChI=1S/C24H24F2N6O2/c1-2-4-12-5-3-6-14(24(33)34)18(12)30-23-20-22(28-8-7-27-20)31-21(32-23)16-11-29-19-15(16)9-13(25)10-17(19)26/h7-12,14,18,29H,2-6H2,1H3,(H,33,34)(H,28,30,31,32). The number of aromatic amines is 1. The number of aromatic nitrogens is 5. The van der Waals surface area contributed by atoms with Crippen LogP contribution in [0.15, 0.2) is 30.7 Å². The molecule has 3 aromatic heterocycles. The molecule has 10 heteroatoms. The van der Waals surface area contributed by atoms with Gasteiger partial charge in [0.2, 0.25) is 0 Å². The largest absolute Gasteiger partial charge is 0.481 e. The number of rotatable bonds is 6. The first-order valence-electron chi connectivity index (χ1n) is 11.4. The molecule has 34 heavy (non-hydrogen) atoms. The number of fused-ring (bicyclic) bond motifs is 2. The van der Waals surface area contributed by atoms with Gasteiger partial charge in [-0.3, -0.25) is 4.79 Å². The van der Waals surface area contributed by atoms with E-state index in [-0.39, 0.29) is 23.3 Å². The fourth-order valence-electron chi connectivity index (χ4n) is 5.06. The van der Waals surface area contributed by atoms with Crippen molar-refractivity contribution < 1.29 is 18.7 Å². The van der Waals surface area contributed by atoms with Crippen molar-refractivity contribution in [2.45, 2.75) is 45.1 Å². The van der Waals surface area contributed by atoms with Gasteiger partial charge in [-0.15, -0.1) is 0 Å². The molecule has 3 heterocycles. The molecule has 4 aromatic rings. The van der Waals surface area contributed by atoms with Gasteiger partial charge in [0.15, 0.2) is 17.3 Å². The van der Waals surface area contributed by atoms with Gasteiger partial charge >= 0.3 is 5.97 Å². The Morgan fingerprint density at radius 3 is 2.82 bits per heavy atom. The quantitative estimate of drug-likeness (QED) is 0.369. The van der Waals surface area contributed by atoms with E-state index in [0.29, 0.717) is 34.4 Å². The normalized spacial score (nSPS) is 20.6. The number of aliphatic carboxylic acids is 1. The average Bonchev–Trinajstić information content (AvgIpc) is 3.24. The molecule has 0 aliphatic heterocycles. The highest BCUT2D eigenvalue weighted by atomic mass is 19.1. The summed E-state index contributed by atoms with van der Waals surface area (Å²) in [5.74, 6) is -2.09. The Morgan fingerprint density at radius 2 is 2.03 bits per heavy atom. The highest BCUT2D eigenvalue weighted by molar-refractivity contribution is 5.95. The van der Waals surface area contributed by atoms with Crippen LogP contribution in [0.5, 0.6) is 0 Å². The molecular weight excluding hydrogens is 442 g/mol. The van der Waals surface area contributed by atoms with E-state index in [2.05, 4.69) is 37.2 Å². The topological polar surface area (TPSA) is 117 Å². The summed E-state index contributed by atoms with van der Waals surface area (Å²) < 4.78 is 28.2. The van der Waals surface area contributed by atoms with Crippen molar-refractivity contribution in [3.8, 4) is 11.4 Å². The Bertz CT molecular complexity index is 1370. The number of hydrogen-bond acceptors (Lipinski definition) is 6. The number of carboxylic acid groups (broad SMARTS) is 1. The highest BCUT2D eigenvalue weighted by Gasteiger charge is 2.37. The van der Waals surface area contributed by atoms with Crippen molar-refractivity contribution in [1.29, 1.82) is 0 Å². The van der Waals surface area contributed by atoms with E-state index in [1.807, 2.05) is 0 Å². The lowest BCUT2D eigenvalue weighted by atomic mass is 9.75. The number of hydrogen-bond donors (Lipinski definition) is 3. The second-order valence-corrected chi connectivity index (χ2v) is 8.73. The van der Waals surface area contributed by atoms with Crippen LogP contribution < -0.4 is 5.32 Å². The van der Waals surface area contributed by atoms with Crippen LogP contribution in [0.2, 0.25) is 0 Å². The zero-order chi connectivity index (χ0) is 23.8. The maximum atomic E-state index is 14.2. The first-order valence-corrected chi connectivity index (χ1v) is 11.4. The average molecular weight is 466 g/mol. The number of nitrogens with zero attached hydrogens (tertiary/aromatic N) is 4. The lowest BCUT2D eigenvalue weighted by molar-refractivity contribution is -0.143. The number of carbonyl (C=O) groups is 1. The Morgan fingerprint density at radius 1 is 1.21 bits per heavy atom. The molecular formula is C24H24F2N6O2. The zero-order valence-corrected chi connectivity index (χ0v) is 18.6. The fraction of sp³-hybridized carbons (Fsp3) is 0.375. The summed E-state index contributed by atoms with van der Waals surface area (Å²) in [6, 6.07) is 1.70. The zero-order valence-electron chi connectivity index (χ0n) is 18.6. The first kappa shape index (κ1) is 22.1. The van der Waals surface area contributed by atoms with Crippen LogP contribution in [-0.2, 0) is 4.79 Å². The van der Waals surface area contributed by atoms with E-state index >= 15 is 0 Å². The summed E-state index contributed by atoms with van der Waals surface area (Å²) in [5.41, 5.74) is 1.27. The van der Waals surface area contributed by atoms with Gasteiger partial charge in [0.25, 0.3) is 0 Å². The number of nitrogens with one attached hydrogen (secondary N) is 2. The third-order valence-corrected chi connectivity index (χ3v) is 6.59. The minimum atomic E-state index is -0.842. The summed E-state index contributed by atoms with van der Waals surface area (Å²) in [4.78, 5) is 32.7. The molecule has 3 atom stereocenters. The van der Waals surface area contributed by atoms with Gasteiger partial charge in [0.05, 0.1) is 11.4 Å². The second-order valence-electron chi connectivity index (χ2n) is 8.73. The smallest absolute Gasteiger partial charge is 0.308 e. The Kier molecular flexibility index (Phi) is 5.80. The predicted molar refractivity (Wildman–Crippen MR) is 123 cm³/mol. The van der Waals surface area contributed by atoms with Gasteiger partial charge in [-0.2, -0.15) is 0 Å². The van der Waals surface area contributed by atoms with Gasteiger partial charge in [-0.25, -0.2) is 28.7 Å². The Labute approximate surface area is 193 Å². The molecule has 3 N–H and O–H groups in total. The van der Waals surface area contributed by atoms with Crippen LogP contribution in [0.4, 0.5) is 14.6 Å². The van der Waals surface area contributed by atoms with E-state index in [0.717, 1.165) is 31.7 Å². The molecule has 1 saturated carbocycles. The third-order valence-electron chi connectivity index (χ3n) is 6.59. The SMILES string of the molecule is CCCC1CCCC(C(=O)O)C1Nc1nc(-c2c[nH]c3c(F)cc(F)cc23)nc2nccnc12. The summed E-state index contributed by atoms with van der Waals surface area (Å²) in [6.45, 7) is 2.08. The lowest BCUT2D eigenvalue weighted by Gasteiger charge is -2.37. The molecule has 1 fully saturated rings. The van der Waals surface area contributed by atoms with Gasteiger partial charge < -0.3 is 15.4 Å². The summed E-state index contributed by atoms with van der Waals surface area (Å²) in [6.07, 6.45) is 8.75. The Hall–Kier alpha value is -3.69. The molecule has 1 aliphatic rings. The molecule has 5 rings (SSSR count). The molecule has 1 aliphatic carbocycles. The predicted octanol–water partition coefficient (Wildman–Crippen LogP) is 4.93. The van der Waals surface area contributed by atoms with E-state index in [4.69, 9.17) is 0 Å². The molecule has 0 bridgehead atoms. The van der Waals surface area contributed by atoms with E-state index < -0.39 is 23.5 Å². The maximum Gasteiger partial charge on any atom is 0.308 e. The van der Waals surface area contributed by atoms with Crippen LogP contribution in [-0.4, -0.2) is 42.0 Å². The van der Waals surface area contributed by atoms with Crippen molar-refractivity contribution in [3.05, 3.63) is 42.4 Å². The fourth-order valence-corrected chi connectivity index (χ4v) is 5.06. The van der Waals surface area contributed by atoms with Gasteiger partial charge in [0, 0.05) is 41.6 Å². The molecule has 0 amide bonds. The molecule has 0 radical (unpaired) electrons. The van der Waals surface area contributed by atoms with Gasteiger partial charge in [0.1, 0.15) is 17.2 Å². The van der Waals surface area contributed by atoms with Crippen LogP contribution in [0.3, 0.4) is 0 Å². The second kappa shape index (κ2) is 8.92. The van der Waals surface area contributed by atoms with Crippen molar-refractivity contribution in [3.63, 3.8) is 0 Å². The van der Waals surface area contributed by atoms with Crippen molar-refractivity contribution in [2.75, 3.05) is 5.32 Å². The molecule has 1 aromatic carbocycles. The summed E-state index contributed by atoms with van der Waals surface area (Å²) in [5, 5.41) is 13.6. The van der Waals surface area contributed by atoms with Crippen molar-refractivity contribution >= 4 is 33.9 Å². The van der Waals surface area contributed by atoms with Crippen LogP contribution in [0, 0.1) is 23.5 Å². The Balaban J connectivity index is 1.64. The lowest BCUT2D eigenvalue weighted by Crippen LogP contribution is -2.43. The van der Waals surface area contributed by atoms with Gasteiger partial charge in [-0.05, 0) is 31.2 Å². The third kappa shape index (κ3) is 3.93. The molecule has 0 spiro atoms. The van der Waals surface area contributed by atoms with Crippen molar-refractivity contribution in [1.82, 2.24) is 24.9 Å². The van der Waals surface area contributed by atoms with E-state index in [1.165, 1.54) is 24.7 Å². The number of H-pyrrole nitrogens is 1. The summed E-state index contributed by atoms with van der Waals surface area (Å²) in [7, 11) is 0. The minimum Gasteiger partial charge on any atom is -0.481 e. The van der Waals surface area contributed by atoms with Gasteiger partial charge in [-0.1, -0.05) is 19.8 Å². The van der Waals surface area contributed by atoms with E-state index in [9.17, 15) is 18.7 Å². The van der Waals surface area contributed by atoms with Crippen LogP contribution in [0.25, 0.3) is 33.5 Å². The number of anilines is 1. The molecule has 0 saturated heterocycles. The van der Waals surface area contributed by atoms with Crippen molar-refractivity contribution in [2.24, 2.45) is 11.8 Å². The van der Waals surface area contributed by atoms with Crippen LogP contribution >= 0.6 is 0 Å². The monoisotopic (exact) mass is 466 g/mol. The number of carboxylic acids is 1. The first-order chi connectivity index (χ1) is 16.5. The summed E-state index contributed by atoms with van der Waals surface area (Å²) >= 11 is 0.